The first-order chi connectivity index (χ1) is 16.2. The first kappa shape index (κ1) is 22.5. The van der Waals surface area contributed by atoms with Gasteiger partial charge in [0.05, 0.1) is 6.54 Å². The number of benzene rings is 2. The standard InChI is InChI=1S/C24H20F4N4OS/c25-19-10-14(32-7-5-24(27,28)12-32)9-17-18(11-34-23(29)30)16-8-13(3-4-20(16)33-21(17)19)15-2-1-6-31-22(15)26/h1-4,6,8-10,18H,5,7,11-12H2,(H3,29,30). The fourth-order valence-electron chi connectivity index (χ4n) is 4.42. The molecule has 34 heavy (non-hydrogen) atoms. The van der Waals surface area contributed by atoms with Crippen LogP contribution in [0.5, 0.6) is 11.5 Å². The van der Waals surface area contributed by atoms with Crippen LogP contribution in [0.15, 0.2) is 48.7 Å². The Labute approximate surface area is 197 Å². The average Bonchev–Trinajstić information content (AvgIpc) is 3.16. The lowest BCUT2D eigenvalue weighted by Gasteiger charge is -2.30. The number of hydrogen-bond acceptors (Lipinski definition) is 5. The Morgan fingerprint density at radius 1 is 1.21 bits per heavy atom. The third-order valence-corrected chi connectivity index (χ3v) is 6.85. The van der Waals surface area contributed by atoms with Gasteiger partial charge in [0.1, 0.15) is 5.75 Å². The summed E-state index contributed by atoms with van der Waals surface area (Å²) >= 11 is 1.08. The van der Waals surface area contributed by atoms with Gasteiger partial charge >= 0.3 is 0 Å². The van der Waals surface area contributed by atoms with Crippen molar-refractivity contribution in [2.75, 3.05) is 23.7 Å². The Hall–Kier alpha value is -3.27. The SMILES string of the molecule is N=C(N)SCC1c2cc(-c3cccnc3F)ccc2Oc2c(F)cc(N3CCC(F)(F)C3)cc21. The molecule has 0 saturated carbocycles. The molecule has 3 N–H and O–H groups in total. The van der Waals surface area contributed by atoms with Gasteiger partial charge in [-0.1, -0.05) is 17.8 Å². The molecule has 0 amide bonds. The minimum Gasteiger partial charge on any atom is -0.454 e. The summed E-state index contributed by atoms with van der Waals surface area (Å²) in [4.78, 5) is 5.15. The molecule has 1 atom stereocenters. The van der Waals surface area contributed by atoms with Crippen LogP contribution in [0.25, 0.3) is 11.1 Å². The van der Waals surface area contributed by atoms with E-state index in [2.05, 4.69) is 4.98 Å². The number of fused-ring (bicyclic) bond motifs is 2. The van der Waals surface area contributed by atoms with E-state index in [4.69, 9.17) is 15.9 Å². The van der Waals surface area contributed by atoms with E-state index in [1.807, 2.05) is 0 Å². The predicted octanol–water partition coefficient (Wildman–Crippen LogP) is 5.74. The second-order valence-electron chi connectivity index (χ2n) is 8.30. The van der Waals surface area contributed by atoms with E-state index in [-0.39, 0.29) is 29.6 Å². The number of nitrogens with two attached hydrogens (primary N) is 1. The van der Waals surface area contributed by atoms with Gasteiger partial charge in [0.25, 0.3) is 5.92 Å². The van der Waals surface area contributed by atoms with Crippen molar-refractivity contribution in [2.24, 2.45) is 5.73 Å². The summed E-state index contributed by atoms with van der Waals surface area (Å²) < 4.78 is 63.0. The zero-order valence-electron chi connectivity index (χ0n) is 17.8. The number of anilines is 1. The Bertz CT molecular complexity index is 1290. The highest BCUT2D eigenvalue weighted by Gasteiger charge is 2.39. The smallest absolute Gasteiger partial charge is 0.266 e. The Morgan fingerprint density at radius 2 is 2.03 bits per heavy atom. The van der Waals surface area contributed by atoms with Crippen LogP contribution < -0.4 is 15.4 Å². The van der Waals surface area contributed by atoms with Gasteiger partial charge in [-0.15, -0.1) is 0 Å². The van der Waals surface area contributed by atoms with Crippen molar-refractivity contribution >= 4 is 22.6 Å². The highest BCUT2D eigenvalue weighted by molar-refractivity contribution is 8.13. The minimum atomic E-state index is -2.83. The van der Waals surface area contributed by atoms with Crippen LogP contribution in [0, 0.1) is 17.2 Å². The van der Waals surface area contributed by atoms with Crippen molar-refractivity contribution < 1.29 is 22.3 Å². The lowest BCUT2D eigenvalue weighted by Crippen LogP contribution is -2.25. The van der Waals surface area contributed by atoms with Gasteiger partial charge in [0.15, 0.2) is 16.7 Å². The molecular formula is C24H20F4N4OS. The lowest BCUT2D eigenvalue weighted by atomic mass is 9.87. The molecule has 1 unspecified atom stereocenters. The Morgan fingerprint density at radius 3 is 2.74 bits per heavy atom. The van der Waals surface area contributed by atoms with Gasteiger partial charge in [-0.25, -0.2) is 18.2 Å². The van der Waals surface area contributed by atoms with Crippen LogP contribution in [-0.2, 0) is 0 Å². The Balaban J connectivity index is 1.60. The maximum atomic E-state index is 15.2. The molecule has 0 spiro atoms. The third kappa shape index (κ3) is 4.18. The second kappa shape index (κ2) is 8.50. The number of alkyl halides is 2. The summed E-state index contributed by atoms with van der Waals surface area (Å²) in [5.74, 6) is -3.89. The van der Waals surface area contributed by atoms with Crippen LogP contribution in [0.4, 0.5) is 23.2 Å². The highest BCUT2D eigenvalue weighted by atomic mass is 32.2. The van der Waals surface area contributed by atoms with E-state index < -0.39 is 30.2 Å². The van der Waals surface area contributed by atoms with Gasteiger partial charge in [-0.3, -0.25) is 5.41 Å². The number of pyridine rings is 1. The topological polar surface area (TPSA) is 75.2 Å². The second-order valence-corrected chi connectivity index (χ2v) is 9.36. The van der Waals surface area contributed by atoms with Crippen LogP contribution >= 0.6 is 11.8 Å². The molecule has 1 saturated heterocycles. The zero-order chi connectivity index (χ0) is 24.0. The molecule has 2 aliphatic rings. The van der Waals surface area contributed by atoms with Gasteiger partial charge in [0.2, 0.25) is 5.95 Å². The molecule has 176 valence electrons. The van der Waals surface area contributed by atoms with Crippen molar-refractivity contribution in [3.63, 3.8) is 0 Å². The molecule has 2 aliphatic heterocycles. The van der Waals surface area contributed by atoms with Gasteiger partial charge < -0.3 is 15.4 Å². The van der Waals surface area contributed by atoms with E-state index in [1.165, 1.54) is 17.2 Å². The summed E-state index contributed by atoms with van der Waals surface area (Å²) in [5.41, 5.74) is 7.90. The molecule has 0 radical (unpaired) electrons. The fraction of sp³-hybridized carbons (Fsp3) is 0.250. The van der Waals surface area contributed by atoms with Crippen LogP contribution in [0.3, 0.4) is 0 Å². The number of hydrogen-bond donors (Lipinski definition) is 2. The average molecular weight is 489 g/mol. The first-order valence-electron chi connectivity index (χ1n) is 10.6. The van der Waals surface area contributed by atoms with E-state index in [1.54, 1.807) is 36.4 Å². The largest absolute Gasteiger partial charge is 0.454 e. The number of halogens is 4. The molecule has 3 aromatic rings. The highest BCUT2D eigenvalue weighted by Crippen LogP contribution is 2.49. The van der Waals surface area contributed by atoms with E-state index >= 15 is 4.39 Å². The van der Waals surface area contributed by atoms with Crippen LogP contribution in [-0.4, -0.2) is 34.9 Å². The molecule has 5 nitrogen and oxygen atoms in total. The minimum absolute atomic E-state index is 0.0108. The Kier molecular flexibility index (Phi) is 5.63. The summed E-state index contributed by atoms with van der Waals surface area (Å²) in [5, 5.41) is 7.52. The molecule has 1 aromatic heterocycles. The molecule has 1 fully saturated rings. The van der Waals surface area contributed by atoms with Crippen molar-refractivity contribution in [1.82, 2.24) is 4.98 Å². The number of ether oxygens (including phenoxy) is 1. The molecule has 0 bridgehead atoms. The maximum Gasteiger partial charge on any atom is 0.266 e. The maximum absolute atomic E-state index is 15.2. The normalized spacial score (nSPS) is 18.2. The molecular weight excluding hydrogens is 468 g/mol. The predicted molar refractivity (Wildman–Crippen MR) is 124 cm³/mol. The quantitative estimate of drug-likeness (QED) is 0.212. The number of aromatic nitrogens is 1. The lowest BCUT2D eigenvalue weighted by molar-refractivity contribution is 0.0257. The summed E-state index contributed by atoms with van der Waals surface area (Å²) in [6.45, 7) is -0.375. The molecule has 3 heterocycles. The number of amidine groups is 1. The number of thioether (sulfide) groups is 1. The third-order valence-electron chi connectivity index (χ3n) is 6.04. The molecule has 5 rings (SSSR count). The fourth-order valence-corrected chi connectivity index (χ4v) is 5.12. The van der Waals surface area contributed by atoms with E-state index in [9.17, 15) is 13.2 Å². The summed E-state index contributed by atoms with van der Waals surface area (Å²) in [7, 11) is 0. The van der Waals surface area contributed by atoms with Gasteiger partial charge in [0, 0.05) is 59.3 Å². The number of rotatable bonds is 4. The van der Waals surface area contributed by atoms with Crippen molar-refractivity contribution in [1.29, 1.82) is 5.41 Å². The van der Waals surface area contributed by atoms with Crippen LogP contribution in [0.2, 0.25) is 0 Å². The monoisotopic (exact) mass is 488 g/mol. The molecule has 10 heteroatoms. The summed E-state index contributed by atoms with van der Waals surface area (Å²) in [6.07, 6.45) is 1.06. The van der Waals surface area contributed by atoms with Gasteiger partial charge in [-0.2, -0.15) is 4.39 Å². The first-order valence-corrected chi connectivity index (χ1v) is 11.6. The van der Waals surface area contributed by atoms with Crippen LogP contribution in [0.1, 0.15) is 23.5 Å². The van der Waals surface area contributed by atoms with Crippen molar-refractivity contribution in [2.45, 2.75) is 18.3 Å². The van der Waals surface area contributed by atoms with Crippen molar-refractivity contribution in [3.05, 3.63) is 71.6 Å². The number of nitrogens with one attached hydrogen (secondary N) is 1. The van der Waals surface area contributed by atoms with E-state index in [0.717, 1.165) is 11.8 Å². The zero-order valence-corrected chi connectivity index (χ0v) is 18.6. The van der Waals surface area contributed by atoms with Crippen molar-refractivity contribution in [3.8, 4) is 22.6 Å². The van der Waals surface area contributed by atoms with Gasteiger partial charge in [-0.05, 0) is 35.9 Å². The molecule has 0 aliphatic carbocycles. The molecule has 2 aromatic carbocycles. The number of nitrogens with zero attached hydrogens (tertiary/aromatic N) is 2. The summed E-state index contributed by atoms with van der Waals surface area (Å²) in [6, 6.07) is 11.1. The van der Waals surface area contributed by atoms with E-state index in [0.29, 0.717) is 33.7 Å².